The number of carbonyl (C=O) groups excluding carboxylic acids is 4. The largest absolute Gasteiger partial charge is 0.508 e. The zero-order valence-corrected chi connectivity index (χ0v) is 24.5. The van der Waals surface area contributed by atoms with E-state index in [9.17, 15) is 39.6 Å². The number of anilines is 1. The highest BCUT2D eigenvalue weighted by molar-refractivity contribution is 6.25. The molecule has 6 N–H and O–H groups in total. The second kappa shape index (κ2) is 9.88. The number of likely N-dealkylation sites (N-methyl/N-ethyl adjacent to an activating group) is 2. The average Bonchev–Trinajstić information content (AvgIpc) is 2.84. The Balaban J connectivity index is 1.99. The van der Waals surface area contributed by atoms with Gasteiger partial charge in [-0.2, -0.15) is 0 Å². The third kappa shape index (κ3) is 4.45. The number of rotatable bonds is 4. The van der Waals surface area contributed by atoms with E-state index in [-0.39, 0.29) is 29.5 Å². The van der Waals surface area contributed by atoms with Crippen LogP contribution in [0.25, 0.3) is 5.76 Å². The molecule has 0 aliphatic heterocycles. The number of phenols is 1. The molecule has 4 atom stereocenters. The number of aliphatic hydroxyl groups excluding tert-OH is 2. The molecule has 1 saturated carbocycles. The molecule has 41 heavy (non-hydrogen) atoms. The fraction of sp³-hybridized carbons (Fsp3) is 0.517. The number of aromatic hydroxyl groups is 1. The lowest BCUT2D eigenvalue weighted by Crippen LogP contribution is -2.65. The summed E-state index contributed by atoms with van der Waals surface area (Å²) in [6, 6.07) is 0.397. The summed E-state index contributed by atoms with van der Waals surface area (Å²) in [6.45, 7) is 5.33. The van der Waals surface area contributed by atoms with Crippen molar-refractivity contribution in [3.8, 4) is 5.75 Å². The number of benzene rings is 1. The molecule has 0 bridgehead atoms. The van der Waals surface area contributed by atoms with Gasteiger partial charge in [0, 0.05) is 43.9 Å². The van der Waals surface area contributed by atoms with E-state index in [1.54, 1.807) is 53.9 Å². The fourth-order valence-electron chi connectivity index (χ4n) is 6.38. The zero-order chi connectivity index (χ0) is 30.9. The lowest BCUT2D eigenvalue weighted by molar-refractivity contribution is -0.153. The van der Waals surface area contributed by atoms with E-state index in [1.165, 1.54) is 18.0 Å². The van der Waals surface area contributed by atoms with E-state index >= 15 is 0 Å². The van der Waals surface area contributed by atoms with Gasteiger partial charge in [0.1, 0.15) is 22.8 Å². The van der Waals surface area contributed by atoms with Gasteiger partial charge in [-0.3, -0.25) is 24.1 Å². The SMILES string of the molecule is CNC(=O)C1=C(O)[C@@]2(O)C(=O)C3=C(O)c4c(O)c(C(=O)NC(C)(C)C)cc(N(C)C)c4C[C@H]3C[C@H]2[C@@H](N(C)C)C1=O. The first-order chi connectivity index (χ1) is 18.9. The smallest absolute Gasteiger partial charge is 0.258 e. The van der Waals surface area contributed by atoms with E-state index in [0.29, 0.717) is 11.3 Å². The first-order valence-corrected chi connectivity index (χ1v) is 13.3. The van der Waals surface area contributed by atoms with Crippen LogP contribution < -0.4 is 15.5 Å². The fourth-order valence-corrected chi connectivity index (χ4v) is 6.38. The zero-order valence-electron chi connectivity index (χ0n) is 24.5. The maximum absolute atomic E-state index is 14.1. The molecule has 0 radical (unpaired) electrons. The van der Waals surface area contributed by atoms with Gasteiger partial charge in [0.25, 0.3) is 11.8 Å². The van der Waals surface area contributed by atoms with Gasteiger partial charge in [0.2, 0.25) is 5.78 Å². The Labute approximate surface area is 238 Å². The molecular formula is C29H38N4O8. The third-order valence-electron chi connectivity index (χ3n) is 8.12. The predicted molar refractivity (Wildman–Crippen MR) is 151 cm³/mol. The van der Waals surface area contributed by atoms with Crippen LogP contribution in [0.15, 0.2) is 23.0 Å². The van der Waals surface area contributed by atoms with Crippen LogP contribution in [0, 0.1) is 11.8 Å². The molecule has 222 valence electrons. The van der Waals surface area contributed by atoms with E-state index < -0.39 is 75.2 Å². The molecule has 3 aliphatic carbocycles. The van der Waals surface area contributed by atoms with Crippen LogP contribution in [0.4, 0.5) is 5.69 Å². The summed E-state index contributed by atoms with van der Waals surface area (Å²) < 4.78 is 0. The topological polar surface area (TPSA) is 180 Å². The van der Waals surface area contributed by atoms with Crippen molar-refractivity contribution in [3.05, 3.63) is 39.7 Å². The number of nitrogens with one attached hydrogen (secondary N) is 2. The summed E-state index contributed by atoms with van der Waals surface area (Å²) in [6.07, 6.45) is 0.136. The molecule has 0 aromatic heterocycles. The average molecular weight is 571 g/mol. The molecule has 12 nitrogen and oxygen atoms in total. The molecule has 3 aliphatic rings. The monoisotopic (exact) mass is 570 g/mol. The number of nitrogens with zero attached hydrogens (tertiary/aromatic N) is 2. The van der Waals surface area contributed by atoms with Crippen molar-refractivity contribution >= 4 is 34.8 Å². The maximum atomic E-state index is 14.1. The molecule has 1 fully saturated rings. The molecule has 2 amide bonds. The van der Waals surface area contributed by atoms with Crippen molar-refractivity contribution in [2.24, 2.45) is 11.8 Å². The summed E-state index contributed by atoms with van der Waals surface area (Å²) in [5.74, 6) is -7.43. The number of carbonyl (C=O) groups is 4. The summed E-state index contributed by atoms with van der Waals surface area (Å²) in [7, 11) is 7.87. The highest BCUT2D eigenvalue weighted by Gasteiger charge is 2.64. The molecule has 0 unspecified atom stereocenters. The van der Waals surface area contributed by atoms with Crippen molar-refractivity contribution in [1.29, 1.82) is 0 Å². The second-order valence-corrected chi connectivity index (χ2v) is 12.4. The standard InChI is InChI=1S/C29H38N4O8/c1-28(2,3)31-26(39)14-11-16(32(5)6)13-9-12-10-15-20(33(7)8)23(36)19(27(40)30-4)25(38)29(15,41)24(37)17(12)22(35)18(13)21(14)34/h11-12,15,20,34-35,38,41H,9-10H2,1-8H3,(H,30,40)(H,31,39)/t12-,15-,20+,29-/m0/s1. The Morgan fingerprint density at radius 3 is 2.17 bits per heavy atom. The first-order valence-electron chi connectivity index (χ1n) is 13.3. The van der Waals surface area contributed by atoms with Crippen LogP contribution in [0.2, 0.25) is 0 Å². The molecule has 0 saturated heterocycles. The van der Waals surface area contributed by atoms with Gasteiger partial charge >= 0.3 is 0 Å². The number of Topliss-reactive ketones (excluding diaryl/α,β-unsaturated/α-hetero) is 2. The van der Waals surface area contributed by atoms with Gasteiger partial charge in [0.05, 0.1) is 17.2 Å². The molecule has 1 aromatic rings. The van der Waals surface area contributed by atoms with Crippen LogP contribution in [0.5, 0.6) is 5.75 Å². The van der Waals surface area contributed by atoms with Crippen molar-refractivity contribution in [2.75, 3.05) is 40.1 Å². The minimum absolute atomic E-state index is 0.000631. The molecule has 4 rings (SSSR count). The van der Waals surface area contributed by atoms with Crippen molar-refractivity contribution in [2.45, 2.75) is 50.8 Å². The number of phenolic OH excluding ortho intramolecular Hbond substituents is 1. The Hall–Kier alpha value is -3.90. The van der Waals surface area contributed by atoms with Gasteiger partial charge in [0.15, 0.2) is 11.4 Å². The third-order valence-corrected chi connectivity index (χ3v) is 8.12. The maximum Gasteiger partial charge on any atom is 0.258 e. The number of hydrogen-bond donors (Lipinski definition) is 6. The van der Waals surface area contributed by atoms with Crippen molar-refractivity contribution < 1.29 is 39.6 Å². The molecule has 0 heterocycles. The number of fused-ring (bicyclic) bond motifs is 3. The Morgan fingerprint density at radius 2 is 1.66 bits per heavy atom. The van der Waals surface area contributed by atoms with E-state index in [4.69, 9.17) is 0 Å². The highest BCUT2D eigenvalue weighted by atomic mass is 16.3. The van der Waals surface area contributed by atoms with Crippen LogP contribution in [0.3, 0.4) is 0 Å². The van der Waals surface area contributed by atoms with Crippen molar-refractivity contribution in [1.82, 2.24) is 15.5 Å². The number of ketones is 2. The van der Waals surface area contributed by atoms with E-state index in [1.807, 2.05) is 0 Å². The predicted octanol–water partition coefficient (Wildman–Crippen LogP) is 0.819. The minimum atomic E-state index is -2.69. The number of amides is 2. The molecule has 12 heteroatoms. The summed E-state index contributed by atoms with van der Waals surface area (Å²) >= 11 is 0. The number of hydrogen-bond acceptors (Lipinski definition) is 10. The normalized spacial score (nSPS) is 26.0. The van der Waals surface area contributed by atoms with Gasteiger partial charge < -0.3 is 36.0 Å². The Kier molecular flexibility index (Phi) is 7.24. The van der Waals surface area contributed by atoms with Gasteiger partial charge in [-0.05, 0) is 65.3 Å². The van der Waals surface area contributed by atoms with Gasteiger partial charge in [-0.25, -0.2) is 0 Å². The van der Waals surface area contributed by atoms with E-state index in [2.05, 4.69) is 10.6 Å². The second-order valence-electron chi connectivity index (χ2n) is 12.4. The van der Waals surface area contributed by atoms with Crippen molar-refractivity contribution in [3.63, 3.8) is 0 Å². The molecule has 0 spiro atoms. The van der Waals surface area contributed by atoms with Crippen LogP contribution >= 0.6 is 0 Å². The summed E-state index contributed by atoms with van der Waals surface area (Å²) in [5.41, 5.74) is -3.52. The Bertz CT molecular complexity index is 1430. The quantitative estimate of drug-likeness (QED) is 0.284. The lowest BCUT2D eigenvalue weighted by Gasteiger charge is -2.50. The Morgan fingerprint density at radius 1 is 1.05 bits per heavy atom. The summed E-state index contributed by atoms with van der Waals surface area (Å²) in [4.78, 5) is 56.5. The first kappa shape index (κ1) is 30.1. The minimum Gasteiger partial charge on any atom is -0.508 e. The molecule has 1 aromatic carbocycles. The van der Waals surface area contributed by atoms with E-state index in [0.717, 1.165) is 0 Å². The summed E-state index contributed by atoms with van der Waals surface area (Å²) in [5, 5.41) is 50.9. The number of aliphatic hydroxyl groups is 3. The highest BCUT2D eigenvalue weighted by Crippen LogP contribution is 2.54. The van der Waals surface area contributed by atoms with Crippen LogP contribution in [-0.2, 0) is 20.8 Å². The van der Waals surface area contributed by atoms with Crippen LogP contribution in [-0.4, -0.2) is 101 Å². The van der Waals surface area contributed by atoms with Gasteiger partial charge in [-0.15, -0.1) is 0 Å². The lowest BCUT2D eigenvalue weighted by atomic mass is 9.57. The van der Waals surface area contributed by atoms with Gasteiger partial charge in [-0.1, -0.05) is 0 Å². The molecular weight excluding hydrogens is 532 g/mol. The van der Waals surface area contributed by atoms with Crippen LogP contribution in [0.1, 0.15) is 48.7 Å².